The van der Waals surface area contributed by atoms with E-state index in [1.807, 2.05) is 25.1 Å². The van der Waals surface area contributed by atoms with Crippen LogP contribution in [0.3, 0.4) is 0 Å². The molecule has 0 unspecified atom stereocenters. The third-order valence-electron chi connectivity index (χ3n) is 2.36. The first kappa shape index (κ1) is 9.90. The number of aryl methyl sites for hydroxylation is 1. The highest BCUT2D eigenvalue weighted by atomic mass is 16.5. The lowest BCUT2D eigenvalue weighted by molar-refractivity contribution is 0.388. The first-order chi connectivity index (χ1) is 7.20. The molecule has 78 valence electrons. The van der Waals surface area contributed by atoms with Crippen LogP contribution in [0.15, 0.2) is 28.9 Å². The molecule has 0 N–H and O–H groups in total. The zero-order chi connectivity index (χ0) is 10.8. The summed E-state index contributed by atoms with van der Waals surface area (Å²) in [6.07, 6.45) is 1.78. The Kier molecular flexibility index (Phi) is 2.54. The molecule has 2 rings (SSSR count). The van der Waals surface area contributed by atoms with Gasteiger partial charge in [0.25, 0.3) is 0 Å². The second-order valence-electron chi connectivity index (χ2n) is 3.87. The highest BCUT2D eigenvalue weighted by Gasteiger charge is 2.17. The van der Waals surface area contributed by atoms with Crippen molar-refractivity contribution in [3.63, 3.8) is 0 Å². The van der Waals surface area contributed by atoms with Crippen molar-refractivity contribution in [2.75, 3.05) is 0 Å². The Morgan fingerprint density at radius 1 is 1.27 bits per heavy atom. The maximum atomic E-state index is 5.22. The maximum Gasteiger partial charge on any atom is 0.143 e. The largest absolute Gasteiger partial charge is 0.361 e. The lowest BCUT2D eigenvalue weighted by Gasteiger charge is -2.03. The molecule has 0 fully saturated rings. The molecule has 0 bridgehead atoms. The second-order valence-corrected chi connectivity index (χ2v) is 3.87. The molecule has 0 saturated carbocycles. The maximum absolute atomic E-state index is 5.22. The average Bonchev–Trinajstić information content (AvgIpc) is 2.61. The Bertz CT molecular complexity index is 446. The summed E-state index contributed by atoms with van der Waals surface area (Å²) in [6.45, 7) is 6.12. The van der Waals surface area contributed by atoms with Gasteiger partial charge in [-0.25, -0.2) is 0 Å². The van der Waals surface area contributed by atoms with Gasteiger partial charge in [0.15, 0.2) is 0 Å². The molecule has 3 heteroatoms. The summed E-state index contributed by atoms with van der Waals surface area (Å²) >= 11 is 0. The average molecular weight is 202 g/mol. The van der Waals surface area contributed by atoms with Crippen LogP contribution < -0.4 is 0 Å². The van der Waals surface area contributed by atoms with Gasteiger partial charge >= 0.3 is 0 Å². The SMILES string of the molecule is Cc1onc(C(C)C)c1-c1ccccn1. The molecule has 0 aliphatic carbocycles. The number of hydrogen-bond acceptors (Lipinski definition) is 3. The van der Waals surface area contributed by atoms with Crippen LogP contribution in [0, 0.1) is 6.92 Å². The molecule has 2 heterocycles. The van der Waals surface area contributed by atoms with Crippen molar-refractivity contribution >= 4 is 0 Å². The topological polar surface area (TPSA) is 38.9 Å². The van der Waals surface area contributed by atoms with Crippen molar-refractivity contribution in [3.05, 3.63) is 35.9 Å². The third-order valence-corrected chi connectivity index (χ3v) is 2.36. The molecule has 2 aromatic heterocycles. The van der Waals surface area contributed by atoms with E-state index in [4.69, 9.17) is 4.52 Å². The monoisotopic (exact) mass is 202 g/mol. The molecule has 0 atom stereocenters. The molecule has 0 aliphatic heterocycles. The van der Waals surface area contributed by atoms with Crippen molar-refractivity contribution < 1.29 is 4.52 Å². The van der Waals surface area contributed by atoms with E-state index >= 15 is 0 Å². The van der Waals surface area contributed by atoms with Crippen molar-refractivity contribution in [3.8, 4) is 11.3 Å². The zero-order valence-electron chi connectivity index (χ0n) is 9.19. The van der Waals surface area contributed by atoms with Crippen LogP contribution in [-0.4, -0.2) is 10.1 Å². The second kappa shape index (κ2) is 3.85. The predicted molar refractivity (Wildman–Crippen MR) is 58.6 cm³/mol. The highest BCUT2D eigenvalue weighted by molar-refractivity contribution is 5.64. The lowest BCUT2D eigenvalue weighted by Crippen LogP contribution is -1.92. The number of hydrogen-bond donors (Lipinski definition) is 0. The van der Waals surface area contributed by atoms with Crippen LogP contribution >= 0.6 is 0 Å². The molecule has 0 saturated heterocycles. The molecule has 0 aromatic carbocycles. The van der Waals surface area contributed by atoms with Crippen molar-refractivity contribution in [2.24, 2.45) is 0 Å². The molecule has 0 radical (unpaired) electrons. The normalized spacial score (nSPS) is 10.9. The number of nitrogens with zero attached hydrogens (tertiary/aromatic N) is 2. The van der Waals surface area contributed by atoms with Gasteiger partial charge in [-0.15, -0.1) is 0 Å². The molecular weight excluding hydrogens is 188 g/mol. The van der Waals surface area contributed by atoms with E-state index in [1.54, 1.807) is 6.20 Å². The van der Waals surface area contributed by atoms with Gasteiger partial charge in [-0.05, 0) is 25.0 Å². The van der Waals surface area contributed by atoms with E-state index in [-0.39, 0.29) is 0 Å². The number of rotatable bonds is 2. The third kappa shape index (κ3) is 1.77. The summed E-state index contributed by atoms with van der Waals surface area (Å²) in [6, 6.07) is 5.85. The minimum Gasteiger partial charge on any atom is -0.361 e. The first-order valence-electron chi connectivity index (χ1n) is 5.07. The van der Waals surface area contributed by atoms with E-state index in [0.29, 0.717) is 5.92 Å². The smallest absolute Gasteiger partial charge is 0.143 e. The summed E-state index contributed by atoms with van der Waals surface area (Å²) < 4.78 is 5.22. The van der Waals surface area contributed by atoms with Crippen LogP contribution in [0.5, 0.6) is 0 Å². The van der Waals surface area contributed by atoms with Crippen molar-refractivity contribution in [2.45, 2.75) is 26.7 Å². The fraction of sp³-hybridized carbons (Fsp3) is 0.333. The van der Waals surface area contributed by atoms with E-state index in [1.165, 1.54) is 0 Å². The molecular formula is C12H14N2O. The summed E-state index contributed by atoms with van der Waals surface area (Å²) in [4.78, 5) is 4.33. The Morgan fingerprint density at radius 3 is 2.67 bits per heavy atom. The summed E-state index contributed by atoms with van der Waals surface area (Å²) in [5.74, 6) is 1.18. The summed E-state index contributed by atoms with van der Waals surface area (Å²) in [5.41, 5.74) is 2.94. The highest BCUT2D eigenvalue weighted by Crippen LogP contribution is 2.29. The zero-order valence-corrected chi connectivity index (χ0v) is 9.19. The predicted octanol–water partition coefficient (Wildman–Crippen LogP) is 3.17. The van der Waals surface area contributed by atoms with Crippen molar-refractivity contribution in [1.29, 1.82) is 0 Å². The fourth-order valence-corrected chi connectivity index (χ4v) is 1.61. The van der Waals surface area contributed by atoms with Gasteiger partial charge in [-0.2, -0.15) is 0 Å². The van der Waals surface area contributed by atoms with E-state index in [0.717, 1.165) is 22.7 Å². The van der Waals surface area contributed by atoms with Crippen LogP contribution in [0.25, 0.3) is 11.3 Å². The summed E-state index contributed by atoms with van der Waals surface area (Å²) in [7, 11) is 0. The standard InChI is InChI=1S/C12H14N2O/c1-8(2)12-11(9(3)15-14-12)10-6-4-5-7-13-10/h4-8H,1-3H3. The van der Waals surface area contributed by atoms with Crippen LogP contribution in [-0.2, 0) is 0 Å². The molecule has 3 nitrogen and oxygen atoms in total. The Morgan fingerprint density at radius 2 is 2.07 bits per heavy atom. The molecule has 2 aromatic rings. The van der Waals surface area contributed by atoms with Gasteiger partial charge in [-0.3, -0.25) is 4.98 Å². The van der Waals surface area contributed by atoms with Crippen LogP contribution in [0.4, 0.5) is 0 Å². The Labute approximate surface area is 89.1 Å². The summed E-state index contributed by atoms with van der Waals surface area (Å²) in [5, 5.41) is 4.08. The minimum absolute atomic E-state index is 0.347. The van der Waals surface area contributed by atoms with Crippen LogP contribution in [0.1, 0.15) is 31.2 Å². The van der Waals surface area contributed by atoms with Gasteiger partial charge in [0.05, 0.1) is 17.0 Å². The Hall–Kier alpha value is -1.64. The van der Waals surface area contributed by atoms with E-state index in [2.05, 4.69) is 24.0 Å². The lowest BCUT2D eigenvalue weighted by atomic mass is 10.0. The van der Waals surface area contributed by atoms with Gasteiger partial charge in [0.2, 0.25) is 0 Å². The molecule has 15 heavy (non-hydrogen) atoms. The van der Waals surface area contributed by atoms with Gasteiger partial charge in [0, 0.05) is 6.20 Å². The van der Waals surface area contributed by atoms with Crippen LogP contribution in [0.2, 0.25) is 0 Å². The molecule has 0 aliphatic rings. The Balaban J connectivity index is 2.57. The fourth-order valence-electron chi connectivity index (χ4n) is 1.61. The van der Waals surface area contributed by atoms with E-state index < -0.39 is 0 Å². The molecule has 0 spiro atoms. The van der Waals surface area contributed by atoms with Gasteiger partial charge < -0.3 is 4.52 Å². The molecule has 0 amide bonds. The quantitative estimate of drug-likeness (QED) is 0.750. The number of aromatic nitrogens is 2. The van der Waals surface area contributed by atoms with Crippen molar-refractivity contribution in [1.82, 2.24) is 10.1 Å². The van der Waals surface area contributed by atoms with Gasteiger partial charge in [0.1, 0.15) is 5.76 Å². The number of pyridine rings is 1. The first-order valence-corrected chi connectivity index (χ1v) is 5.07. The van der Waals surface area contributed by atoms with Gasteiger partial charge in [-0.1, -0.05) is 25.1 Å². The van der Waals surface area contributed by atoms with E-state index in [9.17, 15) is 0 Å². The minimum atomic E-state index is 0.347.